The van der Waals surface area contributed by atoms with E-state index >= 15 is 0 Å². The number of H-pyrrole nitrogens is 2. The van der Waals surface area contributed by atoms with Gasteiger partial charge in [-0.3, -0.25) is 9.80 Å². The standard InChI is InChI=1S/C40H52N6O2/c1-37(2)21-29(22-38(3,4)45(37)9)47-27-15-17-31-33(19-27)43-35(41-31)25-11-13-26(14-12-25)36-42-32-18-16-28(20-34(32)44-36)48-30-23-39(5,6)46(10)40(7,8)24-30/h11-20,29-30H,21-24H2,1-10H3,(H,41,43)(H,42,44). The topological polar surface area (TPSA) is 82.3 Å². The van der Waals surface area contributed by atoms with E-state index in [-0.39, 0.29) is 34.4 Å². The van der Waals surface area contributed by atoms with Crippen LogP contribution < -0.4 is 9.47 Å². The fraction of sp³-hybridized carbons (Fsp3) is 0.500. The van der Waals surface area contributed by atoms with Gasteiger partial charge < -0.3 is 19.4 Å². The van der Waals surface area contributed by atoms with E-state index in [0.717, 1.165) is 82.0 Å². The van der Waals surface area contributed by atoms with Crippen LogP contribution in [0.15, 0.2) is 60.7 Å². The average molecular weight is 649 g/mol. The summed E-state index contributed by atoms with van der Waals surface area (Å²) in [5, 5.41) is 0. The molecule has 0 saturated carbocycles. The van der Waals surface area contributed by atoms with Crippen LogP contribution >= 0.6 is 0 Å². The molecule has 8 heteroatoms. The van der Waals surface area contributed by atoms with Gasteiger partial charge in [0.15, 0.2) is 0 Å². The third-order valence-corrected chi connectivity index (χ3v) is 11.5. The fourth-order valence-electron chi connectivity index (χ4n) is 8.29. The maximum Gasteiger partial charge on any atom is 0.138 e. The Bertz CT molecular complexity index is 1770. The van der Waals surface area contributed by atoms with Crippen molar-refractivity contribution in [2.75, 3.05) is 14.1 Å². The number of aromatic amines is 2. The lowest BCUT2D eigenvalue weighted by Gasteiger charge is -2.53. The zero-order valence-electron chi connectivity index (χ0n) is 30.4. The first kappa shape index (κ1) is 32.7. The predicted octanol–water partition coefficient (Wildman–Crippen LogP) is 8.83. The molecule has 2 aromatic heterocycles. The highest BCUT2D eigenvalue weighted by molar-refractivity contribution is 5.82. The minimum atomic E-state index is 0.0746. The third-order valence-electron chi connectivity index (χ3n) is 11.5. The summed E-state index contributed by atoms with van der Waals surface area (Å²) in [6.45, 7) is 18.4. The van der Waals surface area contributed by atoms with Gasteiger partial charge in [0.25, 0.3) is 0 Å². The van der Waals surface area contributed by atoms with E-state index in [1.54, 1.807) is 0 Å². The van der Waals surface area contributed by atoms with Crippen molar-refractivity contribution in [2.24, 2.45) is 0 Å². The molecule has 3 aromatic carbocycles. The number of nitrogens with zero attached hydrogens (tertiary/aromatic N) is 4. The summed E-state index contributed by atoms with van der Waals surface area (Å²) in [6, 6.07) is 20.7. The van der Waals surface area contributed by atoms with Crippen LogP contribution in [-0.2, 0) is 0 Å². The molecule has 0 unspecified atom stereocenters. The van der Waals surface area contributed by atoms with Crippen molar-refractivity contribution < 1.29 is 9.47 Å². The molecule has 0 radical (unpaired) electrons. The van der Waals surface area contributed by atoms with Gasteiger partial charge in [-0.05, 0) is 93.8 Å². The Hall–Kier alpha value is -3.88. The first-order chi connectivity index (χ1) is 22.5. The number of ether oxygens (including phenoxy) is 2. The quantitative estimate of drug-likeness (QED) is 0.192. The van der Waals surface area contributed by atoms with Crippen molar-refractivity contribution in [1.82, 2.24) is 29.7 Å². The lowest BCUT2D eigenvalue weighted by atomic mass is 9.78. The number of rotatable bonds is 6. The van der Waals surface area contributed by atoms with E-state index in [0.29, 0.717) is 0 Å². The number of piperidine rings is 2. The molecule has 8 nitrogen and oxygen atoms in total. The molecule has 2 N–H and O–H groups in total. The Morgan fingerprint density at radius 1 is 0.542 bits per heavy atom. The first-order valence-electron chi connectivity index (χ1n) is 17.4. The molecule has 0 spiro atoms. The number of aromatic nitrogens is 4. The monoisotopic (exact) mass is 648 g/mol. The molecule has 2 aliphatic heterocycles. The van der Waals surface area contributed by atoms with Gasteiger partial charge in [-0.15, -0.1) is 0 Å². The van der Waals surface area contributed by atoms with Crippen LogP contribution in [0, 0.1) is 0 Å². The number of likely N-dealkylation sites (tertiary alicyclic amines) is 2. The van der Waals surface area contributed by atoms with Crippen molar-refractivity contribution in [3.05, 3.63) is 60.7 Å². The minimum Gasteiger partial charge on any atom is -0.490 e. The van der Waals surface area contributed by atoms with Gasteiger partial charge >= 0.3 is 0 Å². The van der Waals surface area contributed by atoms with Gasteiger partial charge in [-0.1, -0.05) is 24.3 Å². The Morgan fingerprint density at radius 3 is 1.21 bits per heavy atom. The van der Waals surface area contributed by atoms with Gasteiger partial charge in [0, 0.05) is 71.1 Å². The SMILES string of the molecule is CN1C(C)(C)CC(Oc2ccc3nc(-c4ccc(-c5nc6ccc(OC7CC(C)(C)N(C)C(C)(C)C7)cc6[nH]5)cc4)[nH]c3c2)CC1(C)C. The molecule has 4 heterocycles. The third kappa shape index (κ3) is 6.09. The highest BCUT2D eigenvalue weighted by Crippen LogP contribution is 2.40. The maximum atomic E-state index is 6.56. The van der Waals surface area contributed by atoms with Crippen molar-refractivity contribution >= 4 is 22.1 Å². The maximum absolute atomic E-state index is 6.56. The van der Waals surface area contributed by atoms with Crippen LogP contribution in [0.3, 0.4) is 0 Å². The summed E-state index contributed by atoms with van der Waals surface area (Å²) >= 11 is 0. The normalized spacial score (nSPS) is 21.5. The van der Waals surface area contributed by atoms with Crippen LogP contribution in [-0.4, -0.2) is 78.2 Å². The highest BCUT2D eigenvalue weighted by atomic mass is 16.5. The van der Waals surface area contributed by atoms with Crippen molar-refractivity contribution in [3.8, 4) is 34.3 Å². The van der Waals surface area contributed by atoms with E-state index in [1.807, 2.05) is 24.3 Å². The van der Waals surface area contributed by atoms with Gasteiger partial charge in [-0.2, -0.15) is 0 Å². The van der Waals surface area contributed by atoms with Gasteiger partial charge in [0.2, 0.25) is 0 Å². The van der Waals surface area contributed by atoms with Crippen molar-refractivity contribution in [2.45, 2.75) is 115 Å². The summed E-state index contributed by atoms with van der Waals surface area (Å²) in [5.74, 6) is 3.43. The predicted molar refractivity (Wildman–Crippen MR) is 196 cm³/mol. The Balaban J connectivity index is 1.05. The smallest absolute Gasteiger partial charge is 0.138 e. The van der Waals surface area contributed by atoms with Gasteiger partial charge in [0.05, 0.1) is 22.1 Å². The summed E-state index contributed by atoms with van der Waals surface area (Å²) < 4.78 is 13.1. The molecule has 0 bridgehead atoms. The number of benzene rings is 3. The molecule has 2 fully saturated rings. The van der Waals surface area contributed by atoms with Gasteiger partial charge in [-0.25, -0.2) is 9.97 Å². The minimum absolute atomic E-state index is 0.0746. The Morgan fingerprint density at radius 2 is 0.875 bits per heavy atom. The number of hydrogen-bond donors (Lipinski definition) is 2. The van der Waals surface area contributed by atoms with Gasteiger partial charge in [0.1, 0.15) is 35.4 Å². The van der Waals surface area contributed by atoms with Crippen LogP contribution in [0.5, 0.6) is 11.5 Å². The Labute approximate surface area is 285 Å². The molecule has 48 heavy (non-hydrogen) atoms. The summed E-state index contributed by atoms with van der Waals surface area (Å²) in [4.78, 5) is 21.8. The molecule has 2 saturated heterocycles. The summed E-state index contributed by atoms with van der Waals surface area (Å²) in [5.41, 5.74) is 6.13. The largest absolute Gasteiger partial charge is 0.490 e. The van der Waals surface area contributed by atoms with E-state index in [9.17, 15) is 0 Å². The fourth-order valence-corrected chi connectivity index (χ4v) is 8.29. The number of fused-ring (bicyclic) bond motifs is 2. The van der Waals surface area contributed by atoms with Crippen LogP contribution in [0.2, 0.25) is 0 Å². The van der Waals surface area contributed by atoms with Crippen LogP contribution in [0.1, 0.15) is 81.1 Å². The van der Waals surface area contributed by atoms with E-state index < -0.39 is 0 Å². The van der Waals surface area contributed by atoms with E-state index in [2.05, 4.69) is 126 Å². The number of imidazole rings is 2. The molecule has 254 valence electrons. The zero-order valence-corrected chi connectivity index (χ0v) is 30.4. The molecule has 0 aliphatic carbocycles. The first-order valence-corrected chi connectivity index (χ1v) is 17.4. The summed E-state index contributed by atoms with van der Waals surface area (Å²) in [7, 11) is 4.45. The molecule has 0 atom stereocenters. The van der Waals surface area contributed by atoms with Crippen molar-refractivity contribution in [1.29, 1.82) is 0 Å². The number of nitrogens with one attached hydrogen (secondary N) is 2. The Kier molecular flexibility index (Phi) is 7.72. The average Bonchev–Trinajstić information content (AvgIpc) is 3.62. The van der Waals surface area contributed by atoms with Crippen LogP contribution in [0.25, 0.3) is 44.8 Å². The van der Waals surface area contributed by atoms with E-state index in [4.69, 9.17) is 19.4 Å². The molecule has 0 amide bonds. The highest BCUT2D eigenvalue weighted by Gasteiger charge is 2.45. The molecule has 5 aromatic rings. The number of hydrogen-bond acceptors (Lipinski definition) is 6. The lowest BCUT2D eigenvalue weighted by molar-refractivity contribution is -0.0560. The molecule has 2 aliphatic rings. The molecular formula is C40H52N6O2. The summed E-state index contributed by atoms with van der Waals surface area (Å²) in [6.07, 6.45) is 4.27. The van der Waals surface area contributed by atoms with Crippen molar-refractivity contribution in [3.63, 3.8) is 0 Å². The second-order valence-corrected chi connectivity index (χ2v) is 16.8. The zero-order chi connectivity index (χ0) is 34.2. The van der Waals surface area contributed by atoms with E-state index in [1.165, 1.54) is 0 Å². The second kappa shape index (κ2) is 11.3. The van der Waals surface area contributed by atoms with Crippen LogP contribution in [0.4, 0.5) is 0 Å². The molecular weight excluding hydrogens is 596 g/mol. The second-order valence-electron chi connectivity index (χ2n) is 16.8. The lowest BCUT2D eigenvalue weighted by Crippen LogP contribution is -2.60. The molecule has 7 rings (SSSR count).